The number of ether oxygens (including phenoxy) is 1. The third kappa shape index (κ3) is 2.20. The predicted octanol–water partition coefficient (Wildman–Crippen LogP) is 2.46. The zero-order chi connectivity index (χ0) is 11.5. The highest BCUT2D eigenvalue weighted by atomic mass is 32.1. The number of methoxy groups -OCH3 is 1. The van der Waals surface area contributed by atoms with E-state index in [4.69, 9.17) is 9.84 Å². The lowest BCUT2D eigenvalue weighted by atomic mass is 10.2. The summed E-state index contributed by atoms with van der Waals surface area (Å²) in [5, 5.41) is 9.46. The first-order valence-electron chi connectivity index (χ1n) is 4.80. The van der Waals surface area contributed by atoms with E-state index < -0.39 is 12.1 Å². The number of nitrogens with zero attached hydrogens (tertiary/aromatic N) is 1. The number of para-hydroxylation sites is 1. The van der Waals surface area contributed by atoms with Gasteiger partial charge >= 0.3 is 5.97 Å². The van der Waals surface area contributed by atoms with Crippen LogP contribution in [0, 0.1) is 0 Å². The molecule has 0 aliphatic rings. The van der Waals surface area contributed by atoms with Gasteiger partial charge in [-0.1, -0.05) is 12.1 Å². The fourth-order valence-corrected chi connectivity index (χ4v) is 2.50. The van der Waals surface area contributed by atoms with Gasteiger partial charge in [-0.15, -0.1) is 11.3 Å². The number of thiazole rings is 1. The second kappa shape index (κ2) is 4.59. The Hall–Kier alpha value is -1.46. The maximum absolute atomic E-state index is 10.7. The van der Waals surface area contributed by atoms with E-state index in [1.807, 2.05) is 24.3 Å². The van der Waals surface area contributed by atoms with E-state index in [9.17, 15) is 4.79 Å². The molecule has 0 bridgehead atoms. The first kappa shape index (κ1) is 11.0. The topological polar surface area (TPSA) is 59.4 Å². The Bertz CT molecular complexity index is 476. The lowest BCUT2D eigenvalue weighted by Crippen LogP contribution is -2.07. The molecule has 4 nitrogen and oxygen atoms in total. The Labute approximate surface area is 96.5 Å². The molecule has 0 spiro atoms. The van der Waals surface area contributed by atoms with Crippen LogP contribution in [0.5, 0.6) is 0 Å². The molecule has 2 aromatic rings. The van der Waals surface area contributed by atoms with Gasteiger partial charge in [-0.3, -0.25) is 4.79 Å². The van der Waals surface area contributed by atoms with E-state index in [0.29, 0.717) is 5.01 Å². The van der Waals surface area contributed by atoms with Crippen LogP contribution in [0.4, 0.5) is 0 Å². The van der Waals surface area contributed by atoms with Crippen molar-refractivity contribution in [1.29, 1.82) is 0 Å². The Kier molecular flexibility index (Phi) is 3.17. The highest BCUT2D eigenvalue weighted by Crippen LogP contribution is 2.29. The predicted molar refractivity (Wildman–Crippen MR) is 61.6 cm³/mol. The molecule has 0 saturated carbocycles. The maximum Gasteiger partial charge on any atom is 0.306 e. The van der Waals surface area contributed by atoms with Crippen LogP contribution in [-0.4, -0.2) is 23.2 Å². The summed E-state index contributed by atoms with van der Waals surface area (Å²) in [6.45, 7) is 0. The van der Waals surface area contributed by atoms with Gasteiger partial charge in [0.15, 0.2) is 0 Å². The van der Waals surface area contributed by atoms with Crippen molar-refractivity contribution in [3.05, 3.63) is 29.3 Å². The summed E-state index contributed by atoms with van der Waals surface area (Å²) < 4.78 is 6.19. The summed E-state index contributed by atoms with van der Waals surface area (Å²) in [4.78, 5) is 15.0. The fraction of sp³-hybridized carbons (Fsp3) is 0.273. The summed E-state index contributed by atoms with van der Waals surface area (Å²) in [5.41, 5.74) is 0.884. The third-order valence-electron chi connectivity index (χ3n) is 2.23. The monoisotopic (exact) mass is 237 g/mol. The fourth-order valence-electron chi connectivity index (χ4n) is 1.46. The van der Waals surface area contributed by atoms with Crippen LogP contribution in [0.2, 0.25) is 0 Å². The van der Waals surface area contributed by atoms with Crippen LogP contribution >= 0.6 is 11.3 Å². The normalized spacial score (nSPS) is 12.8. The number of carbonyl (C=O) groups is 1. The molecule has 84 valence electrons. The first-order chi connectivity index (χ1) is 7.70. The molecular formula is C11H11NO3S. The molecule has 16 heavy (non-hydrogen) atoms. The molecule has 0 radical (unpaired) electrons. The van der Waals surface area contributed by atoms with Gasteiger partial charge in [0.05, 0.1) is 16.6 Å². The van der Waals surface area contributed by atoms with Crippen molar-refractivity contribution in [2.24, 2.45) is 0 Å². The molecule has 1 aromatic carbocycles. The van der Waals surface area contributed by atoms with E-state index >= 15 is 0 Å². The molecule has 1 N–H and O–H groups in total. The van der Waals surface area contributed by atoms with Gasteiger partial charge in [-0.25, -0.2) is 4.98 Å². The van der Waals surface area contributed by atoms with Crippen molar-refractivity contribution in [3.8, 4) is 0 Å². The summed E-state index contributed by atoms with van der Waals surface area (Å²) in [7, 11) is 1.50. The van der Waals surface area contributed by atoms with Crippen LogP contribution < -0.4 is 0 Å². The molecule has 1 unspecified atom stereocenters. The minimum atomic E-state index is -0.883. The summed E-state index contributed by atoms with van der Waals surface area (Å²) in [6.07, 6.45) is -0.522. The smallest absolute Gasteiger partial charge is 0.306 e. The highest BCUT2D eigenvalue weighted by Gasteiger charge is 2.18. The van der Waals surface area contributed by atoms with Gasteiger partial charge < -0.3 is 9.84 Å². The molecule has 1 aromatic heterocycles. The van der Waals surface area contributed by atoms with E-state index in [2.05, 4.69) is 4.98 Å². The van der Waals surface area contributed by atoms with Crippen LogP contribution in [0.25, 0.3) is 10.2 Å². The number of carboxylic acids is 1. The van der Waals surface area contributed by atoms with Crippen LogP contribution in [0.3, 0.4) is 0 Å². The number of benzene rings is 1. The molecule has 5 heteroatoms. The third-order valence-corrected chi connectivity index (χ3v) is 3.36. The number of hydrogen-bond acceptors (Lipinski definition) is 4. The van der Waals surface area contributed by atoms with Crippen molar-refractivity contribution in [1.82, 2.24) is 4.98 Å². The Balaban J connectivity index is 2.34. The molecule has 1 atom stereocenters. The van der Waals surface area contributed by atoms with Crippen molar-refractivity contribution >= 4 is 27.5 Å². The van der Waals surface area contributed by atoms with Crippen molar-refractivity contribution in [3.63, 3.8) is 0 Å². The van der Waals surface area contributed by atoms with Crippen LogP contribution in [0.15, 0.2) is 24.3 Å². The molecular weight excluding hydrogens is 226 g/mol. The van der Waals surface area contributed by atoms with Gasteiger partial charge in [0, 0.05) is 7.11 Å². The van der Waals surface area contributed by atoms with E-state index in [1.54, 1.807) is 0 Å². The number of hydrogen-bond donors (Lipinski definition) is 1. The second-order valence-corrected chi connectivity index (χ2v) is 4.40. The molecule has 0 aliphatic heterocycles. The number of aliphatic carboxylic acids is 1. The Morgan fingerprint density at radius 3 is 2.94 bits per heavy atom. The highest BCUT2D eigenvalue weighted by molar-refractivity contribution is 7.18. The number of rotatable bonds is 4. The lowest BCUT2D eigenvalue weighted by Gasteiger charge is -2.08. The Morgan fingerprint density at radius 1 is 1.56 bits per heavy atom. The van der Waals surface area contributed by atoms with E-state index in [0.717, 1.165) is 10.2 Å². The van der Waals surface area contributed by atoms with Gasteiger partial charge in [-0.2, -0.15) is 0 Å². The average molecular weight is 237 g/mol. The minimum Gasteiger partial charge on any atom is -0.481 e. The van der Waals surface area contributed by atoms with Gasteiger partial charge in [0.25, 0.3) is 0 Å². The molecule has 0 aliphatic carbocycles. The standard InChI is InChI=1S/C11H11NO3S/c1-15-8(6-10(13)14)11-12-7-4-2-3-5-9(7)16-11/h2-5,8H,6H2,1H3,(H,13,14). The molecule has 0 saturated heterocycles. The van der Waals surface area contributed by atoms with E-state index in [-0.39, 0.29) is 6.42 Å². The number of carboxylic acid groups (broad SMARTS) is 1. The summed E-state index contributed by atoms with van der Waals surface area (Å²) >= 11 is 1.47. The largest absolute Gasteiger partial charge is 0.481 e. The van der Waals surface area contributed by atoms with E-state index in [1.165, 1.54) is 18.4 Å². The Morgan fingerprint density at radius 2 is 2.31 bits per heavy atom. The van der Waals surface area contributed by atoms with Crippen molar-refractivity contribution in [2.75, 3.05) is 7.11 Å². The van der Waals surface area contributed by atoms with Gasteiger partial charge in [0.1, 0.15) is 11.1 Å². The zero-order valence-corrected chi connectivity index (χ0v) is 9.53. The average Bonchev–Trinajstić information content (AvgIpc) is 2.68. The number of aromatic nitrogens is 1. The minimum absolute atomic E-state index is 0.0592. The quantitative estimate of drug-likeness (QED) is 0.887. The summed E-state index contributed by atoms with van der Waals surface area (Å²) in [6, 6.07) is 7.71. The molecule has 0 fully saturated rings. The number of fused-ring (bicyclic) bond motifs is 1. The second-order valence-electron chi connectivity index (χ2n) is 3.34. The van der Waals surface area contributed by atoms with Crippen LogP contribution in [-0.2, 0) is 9.53 Å². The van der Waals surface area contributed by atoms with Gasteiger partial charge in [-0.05, 0) is 12.1 Å². The molecule has 0 amide bonds. The lowest BCUT2D eigenvalue weighted by molar-refractivity contribution is -0.139. The molecule has 1 heterocycles. The van der Waals surface area contributed by atoms with Gasteiger partial charge in [0.2, 0.25) is 0 Å². The zero-order valence-electron chi connectivity index (χ0n) is 8.71. The van der Waals surface area contributed by atoms with Crippen molar-refractivity contribution < 1.29 is 14.6 Å². The van der Waals surface area contributed by atoms with Crippen LogP contribution in [0.1, 0.15) is 17.5 Å². The SMILES string of the molecule is COC(CC(=O)O)c1nc2ccccc2s1. The van der Waals surface area contributed by atoms with Crippen molar-refractivity contribution in [2.45, 2.75) is 12.5 Å². The first-order valence-corrected chi connectivity index (χ1v) is 5.62. The maximum atomic E-state index is 10.7. The summed E-state index contributed by atoms with van der Waals surface area (Å²) in [5.74, 6) is -0.883. The molecule has 2 rings (SSSR count).